The van der Waals surface area contributed by atoms with E-state index < -0.39 is 0 Å². The Morgan fingerprint density at radius 1 is 1.15 bits per heavy atom. The summed E-state index contributed by atoms with van der Waals surface area (Å²) in [5, 5.41) is 7.16. The Labute approximate surface area is 160 Å². The predicted molar refractivity (Wildman–Crippen MR) is 108 cm³/mol. The fourth-order valence-corrected chi connectivity index (χ4v) is 2.49. The van der Waals surface area contributed by atoms with Crippen LogP contribution in [0.5, 0.6) is 0 Å². The van der Waals surface area contributed by atoms with E-state index in [1.165, 1.54) is 5.56 Å². The number of benzene rings is 1. The van der Waals surface area contributed by atoms with Crippen molar-refractivity contribution in [3.8, 4) is 0 Å². The van der Waals surface area contributed by atoms with Gasteiger partial charge in [-0.25, -0.2) is 4.98 Å². The molecular formula is C20H27ClN4O. The molecule has 0 saturated carbocycles. The van der Waals surface area contributed by atoms with Crippen LogP contribution in [0.3, 0.4) is 0 Å². The number of hydrogen-bond acceptors (Lipinski definition) is 3. The molecule has 0 aliphatic rings. The van der Waals surface area contributed by atoms with Crippen molar-refractivity contribution < 1.29 is 4.74 Å². The summed E-state index contributed by atoms with van der Waals surface area (Å²) in [5.41, 5.74) is 2.34. The van der Waals surface area contributed by atoms with Gasteiger partial charge in [0.25, 0.3) is 0 Å². The molecule has 1 aromatic carbocycles. The third-order valence-corrected chi connectivity index (χ3v) is 4.07. The molecule has 1 unspecified atom stereocenters. The summed E-state index contributed by atoms with van der Waals surface area (Å²) in [6, 6.07) is 14.0. The normalized spacial score (nSPS) is 12.7. The monoisotopic (exact) mass is 374 g/mol. The summed E-state index contributed by atoms with van der Waals surface area (Å²) in [7, 11) is 1.77. The number of guanidine groups is 1. The van der Waals surface area contributed by atoms with Crippen molar-refractivity contribution in [2.45, 2.75) is 20.0 Å². The van der Waals surface area contributed by atoms with Gasteiger partial charge in [0.05, 0.1) is 13.2 Å². The van der Waals surface area contributed by atoms with Crippen molar-refractivity contribution in [1.82, 2.24) is 15.6 Å². The van der Waals surface area contributed by atoms with Crippen molar-refractivity contribution in [1.29, 1.82) is 0 Å². The Morgan fingerprint density at radius 2 is 1.96 bits per heavy atom. The van der Waals surface area contributed by atoms with Gasteiger partial charge in [0.15, 0.2) is 5.96 Å². The Hall–Kier alpha value is -2.11. The van der Waals surface area contributed by atoms with Crippen LogP contribution in [0.25, 0.3) is 0 Å². The molecule has 0 bridgehead atoms. The Morgan fingerprint density at radius 3 is 2.65 bits per heavy atom. The standard InChI is InChI=1S/C20H27ClN4O/c1-16(14-26-15-18-6-4-3-5-7-18)12-25-20(22-2)23-11-10-17-8-9-19(21)24-13-17/h3-9,13,16H,10-12,14-15H2,1-2H3,(H2,22,23,25). The van der Waals surface area contributed by atoms with Crippen LogP contribution in [-0.2, 0) is 17.8 Å². The molecule has 0 aliphatic carbocycles. The lowest BCUT2D eigenvalue weighted by Gasteiger charge is -2.16. The molecule has 26 heavy (non-hydrogen) atoms. The zero-order valence-electron chi connectivity index (χ0n) is 15.4. The summed E-state index contributed by atoms with van der Waals surface area (Å²) in [6.07, 6.45) is 2.66. The smallest absolute Gasteiger partial charge is 0.190 e. The topological polar surface area (TPSA) is 58.5 Å². The van der Waals surface area contributed by atoms with Gasteiger partial charge < -0.3 is 15.4 Å². The van der Waals surface area contributed by atoms with E-state index in [0.29, 0.717) is 24.3 Å². The number of nitrogens with one attached hydrogen (secondary N) is 2. The summed E-state index contributed by atoms with van der Waals surface area (Å²) < 4.78 is 5.78. The highest BCUT2D eigenvalue weighted by atomic mass is 35.5. The highest BCUT2D eigenvalue weighted by molar-refractivity contribution is 6.29. The van der Waals surface area contributed by atoms with Crippen molar-refractivity contribution >= 4 is 17.6 Å². The average molecular weight is 375 g/mol. The quantitative estimate of drug-likeness (QED) is 0.401. The molecule has 2 N–H and O–H groups in total. The van der Waals surface area contributed by atoms with E-state index in [0.717, 1.165) is 31.0 Å². The van der Waals surface area contributed by atoms with Gasteiger partial charge in [-0.15, -0.1) is 0 Å². The molecule has 1 atom stereocenters. The van der Waals surface area contributed by atoms with Crippen LogP contribution in [0.2, 0.25) is 5.15 Å². The maximum Gasteiger partial charge on any atom is 0.190 e. The van der Waals surface area contributed by atoms with E-state index in [1.54, 1.807) is 19.3 Å². The van der Waals surface area contributed by atoms with Crippen LogP contribution >= 0.6 is 11.6 Å². The number of halogens is 1. The molecule has 1 heterocycles. The van der Waals surface area contributed by atoms with Crippen LogP contribution < -0.4 is 10.6 Å². The number of rotatable bonds is 9. The van der Waals surface area contributed by atoms with Crippen molar-refractivity contribution in [3.63, 3.8) is 0 Å². The highest BCUT2D eigenvalue weighted by Crippen LogP contribution is 2.05. The van der Waals surface area contributed by atoms with Gasteiger partial charge >= 0.3 is 0 Å². The van der Waals surface area contributed by atoms with Gasteiger partial charge in [0.2, 0.25) is 0 Å². The lowest BCUT2D eigenvalue weighted by atomic mass is 10.2. The summed E-state index contributed by atoms with van der Waals surface area (Å²) in [6.45, 7) is 5.09. The number of ether oxygens (including phenoxy) is 1. The Bertz CT molecular complexity index is 661. The molecule has 0 radical (unpaired) electrons. The fourth-order valence-electron chi connectivity index (χ4n) is 2.38. The first-order chi connectivity index (χ1) is 12.7. The minimum Gasteiger partial charge on any atom is -0.376 e. The van der Waals surface area contributed by atoms with Crippen LogP contribution in [-0.4, -0.2) is 37.7 Å². The SMILES string of the molecule is CN=C(NCCc1ccc(Cl)nc1)NCC(C)COCc1ccccc1. The van der Waals surface area contributed by atoms with Gasteiger partial charge in [0.1, 0.15) is 5.15 Å². The number of aromatic nitrogens is 1. The van der Waals surface area contributed by atoms with Crippen LogP contribution in [0, 0.1) is 5.92 Å². The second-order valence-corrected chi connectivity index (χ2v) is 6.61. The Balaban J connectivity index is 1.60. The van der Waals surface area contributed by atoms with Crippen molar-refractivity contribution in [3.05, 3.63) is 64.9 Å². The maximum absolute atomic E-state index is 5.79. The second kappa shape index (κ2) is 11.5. The zero-order chi connectivity index (χ0) is 18.6. The lowest BCUT2D eigenvalue weighted by molar-refractivity contribution is 0.0931. The number of hydrogen-bond donors (Lipinski definition) is 2. The van der Waals surface area contributed by atoms with E-state index in [2.05, 4.69) is 39.7 Å². The second-order valence-electron chi connectivity index (χ2n) is 6.22. The molecule has 2 rings (SSSR count). The maximum atomic E-state index is 5.79. The van der Waals surface area contributed by atoms with Crippen LogP contribution in [0.4, 0.5) is 0 Å². The zero-order valence-corrected chi connectivity index (χ0v) is 16.2. The van der Waals surface area contributed by atoms with Crippen molar-refractivity contribution in [2.75, 3.05) is 26.7 Å². The molecule has 0 saturated heterocycles. The molecule has 0 spiro atoms. The molecule has 0 aliphatic heterocycles. The molecule has 5 nitrogen and oxygen atoms in total. The Kier molecular flexibility index (Phi) is 8.93. The molecule has 0 fully saturated rings. The largest absolute Gasteiger partial charge is 0.376 e. The average Bonchev–Trinajstić information content (AvgIpc) is 2.67. The predicted octanol–water partition coefficient (Wildman–Crippen LogP) is 3.30. The minimum absolute atomic E-state index is 0.387. The van der Waals surface area contributed by atoms with Crippen LogP contribution in [0.15, 0.2) is 53.7 Å². The molecule has 6 heteroatoms. The molecule has 1 aromatic heterocycles. The van der Waals surface area contributed by atoms with E-state index in [9.17, 15) is 0 Å². The highest BCUT2D eigenvalue weighted by Gasteiger charge is 2.05. The molecular weight excluding hydrogens is 348 g/mol. The lowest BCUT2D eigenvalue weighted by Crippen LogP contribution is -2.40. The first-order valence-electron chi connectivity index (χ1n) is 8.84. The summed E-state index contributed by atoms with van der Waals surface area (Å²) in [5.74, 6) is 1.18. The van der Waals surface area contributed by atoms with Gasteiger partial charge in [-0.1, -0.05) is 54.9 Å². The third kappa shape index (κ3) is 7.85. The molecule has 0 amide bonds. The number of nitrogens with zero attached hydrogens (tertiary/aromatic N) is 2. The molecule has 2 aromatic rings. The number of pyridine rings is 1. The first-order valence-corrected chi connectivity index (χ1v) is 9.22. The first kappa shape index (κ1) is 20.2. The van der Waals surface area contributed by atoms with Gasteiger partial charge in [-0.3, -0.25) is 4.99 Å². The summed E-state index contributed by atoms with van der Waals surface area (Å²) in [4.78, 5) is 8.33. The van der Waals surface area contributed by atoms with E-state index in [1.807, 2.05) is 24.3 Å². The van der Waals surface area contributed by atoms with Gasteiger partial charge in [-0.2, -0.15) is 0 Å². The number of aliphatic imine (C=N–C) groups is 1. The van der Waals surface area contributed by atoms with Gasteiger partial charge in [0, 0.05) is 26.3 Å². The van der Waals surface area contributed by atoms with E-state index >= 15 is 0 Å². The third-order valence-electron chi connectivity index (χ3n) is 3.85. The molecule has 140 valence electrons. The van der Waals surface area contributed by atoms with Crippen LogP contribution in [0.1, 0.15) is 18.1 Å². The van der Waals surface area contributed by atoms with Crippen molar-refractivity contribution in [2.24, 2.45) is 10.9 Å². The van der Waals surface area contributed by atoms with Gasteiger partial charge in [-0.05, 0) is 29.5 Å². The van der Waals surface area contributed by atoms with E-state index in [4.69, 9.17) is 16.3 Å². The fraction of sp³-hybridized carbons (Fsp3) is 0.400. The van der Waals surface area contributed by atoms with E-state index in [-0.39, 0.29) is 0 Å². The summed E-state index contributed by atoms with van der Waals surface area (Å²) >= 11 is 5.79. The minimum atomic E-state index is 0.387.